The van der Waals surface area contributed by atoms with E-state index in [1.807, 2.05) is 72.8 Å². The molecule has 0 saturated carbocycles. The van der Waals surface area contributed by atoms with E-state index in [2.05, 4.69) is 41.7 Å². The van der Waals surface area contributed by atoms with Crippen LogP contribution in [0.1, 0.15) is 10.4 Å². The average molecular weight is 577 g/mol. The number of carbonyl (C=O) groups excluding carboxylic acids is 1. The number of hydrogen-bond donors (Lipinski definition) is 1. The summed E-state index contributed by atoms with van der Waals surface area (Å²) in [5.74, 6) is -0.258. The Labute approximate surface area is 227 Å². The predicted octanol–water partition coefficient (Wildman–Crippen LogP) is 1.26. The van der Waals surface area contributed by atoms with Gasteiger partial charge in [0.2, 0.25) is 5.44 Å². The van der Waals surface area contributed by atoms with Crippen LogP contribution in [0.2, 0.25) is 0 Å². The predicted molar refractivity (Wildman–Crippen MR) is 138 cm³/mol. The van der Waals surface area contributed by atoms with Gasteiger partial charge in [-0.05, 0) is 48.5 Å². The molecule has 0 saturated heterocycles. The molecule has 0 unspecified atom stereocenters. The van der Waals surface area contributed by atoms with Crippen LogP contribution in [-0.4, -0.2) is 5.91 Å². The van der Waals surface area contributed by atoms with Crippen molar-refractivity contribution in [1.29, 1.82) is 0 Å². The molecule has 37 heavy (non-hydrogen) atoms. The molecular weight excluding hydrogens is 556 g/mol. The third kappa shape index (κ3) is 7.62. The maximum Gasteiger partial charge on any atom is 0.258 e. The molecule has 6 nitrogen and oxygen atoms in total. The van der Waals surface area contributed by atoms with Crippen LogP contribution in [0.3, 0.4) is 0 Å². The van der Waals surface area contributed by atoms with Crippen molar-refractivity contribution < 1.29 is 33.7 Å². The van der Waals surface area contributed by atoms with Crippen LogP contribution in [0.25, 0.3) is 0 Å². The summed E-state index contributed by atoms with van der Waals surface area (Å²) < 4.78 is 34.0. The first-order chi connectivity index (χ1) is 17.6. The van der Waals surface area contributed by atoms with Gasteiger partial charge in [-0.1, -0.05) is 96.0 Å². The third-order valence-electron chi connectivity index (χ3n) is 5.21. The fourth-order valence-corrected chi connectivity index (χ4v) is 8.72. The standard InChI is InChI=1S/C27H20Cl2NOP.ClHO4/c28-25(29)27(30-26(31)21-13-5-1-6-14-21)32(22-15-7-2-8-16-22,23-17-9-3-10-18-23)24-19-11-4-12-20-24;2-1(3,4)5/h1-20H;(H,2,3,4,5). The van der Waals surface area contributed by atoms with Gasteiger partial charge in [-0.3, -0.25) is 10.1 Å². The van der Waals surface area contributed by atoms with Crippen LogP contribution in [-0.2, 0) is 0 Å². The Hall–Kier alpha value is -2.77. The summed E-state index contributed by atoms with van der Waals surface area (Å²) in [6.07, 6.45) is 0. The van der Waals surface area contributed by atoms with Crippen molar-refractivity contribution in [2.24, 2.45) is 0 Å². The molecule has 0 bridgehead atoms. The highest BCUT2D eigenvalue weighted by Crippen LogP contribution is 2.63. The average Bonchev–Trinajstić information content (AvgIpc) is 2.90. The third-order valence-corrected chi connectivity index (χ3v) is 10.1. The molecule has 0 atom stereocenters. The Kier molecular flexibility index (Phi) is 10.2. The quantitative estimate of drug-likeness (QED) is 0.347. The van der Waals surface area contributed by atoms with E-state index in [1.54, 1.807) is 12.1 Å². The Morgan fingerprint density at radius 3 is 1.19 bits per heavy atom. The van der Waals surface area contributed by atoms with Gasteiger partial charge in [0.1, 0.15) is 15.9 Å². The van der Waals surface area contributed by atoms with Crippen LogP contribution in [0.15, 0.2) is 131 Å². The molecule has 0 heterocycles. The van der Waals surface area contributed by atoms with Gasteiger partial charge in [0.05, 0.1) is 0 Å². The van der Waals surface area contributed by atoms with Crippen molar-refractivity contribution in [3.05, 3.63) is 137 Å². The van der Waals surface area contributed by atoms with Crippen LogP contribution in [0.5, 0.6) is 0 Å². The maximum atomic E-state index is 13.3. The van der Waals surface area contributed by atoms with E-state index in [4.69, 9.17) is 41.8 Å². The first-order valence-electron chi connectivity index (χ1n) is 10.7. The van der Waals surface area contributed by atoms with Crippen LogP contribution >= 0.6 is 30.5 Å². The smallest absolute Gasteiger partial charge is 0.258 e. The summed E-state index contributed by atoms with van der Waals surface area (Å²) in [5, 5.41) is 6.22. The second kappa shape index (κ2) is 13.2. The first-order valence-corrected chi connectivity index (χ1v) is 14.5. The Bertz CT molecular complexity index is 1210. The number of benzene rings is 4. The van der Waals surface area contributed by atoms with Crippen molar-refractivity contribution in [2.75, 3.05) is 0 Å². The number of rotatable bonds is 6. The summed E-state index contributed by atoms with van der Waals surface area (Å²) in [6, 6.07) is 39.4. The molecule has 190 valence electrons. The fourth-order valence-electron chi connectivity index (χ4n) is 3.82. The molecular formula is C27H21Cl3NO5P. The minimum atomic E-state index is -4.94. The Balaban J connectivity index is 0.000000695. The van der Waals surface area contributed by atoms with E-state index in [9.17, 15) is 4.79 Å². The first kappa shape index (κ1) is 28.8. The highest BCUT2D eigenvalue weighted by atomic mass is 35.7. The van der Waals surface area contributed by atoms with Gasteiger partial charge in [0.25, 0.3) is 5.91 Å². The minimum Gasteiger partial charge on any atom is -0.290 e. The Morgan fingerprint density at radius 2 is 0.892 bits per heavy atom. The lowest BCUT2D eigenvalue weighted by Gasteiger charge is -2.29. The van der Waals surface area contributed by atoms with Crippen LogP contribution in [0.4, 0.5) is 0 Å². The van der Waals surface area contributed by atoms with Gasteiger partial charge in [0, 0.05) is 5.56 Å². The molecule has 4 aromatic carbocycles. The molecule has 0 aliphatic rings. The van der Waals surface area contributed by atoms with Gasteiger partial charge in [-0.15, -0.1) is 10.2 Å². The maximum absolute atomic E-state index is 13.3. The van der Waals surface area contributed by atoms with Crippen molar-refractivity contribution in [3.8, 4) is 0 Å². The molecule has 0 spiro atoms. The second-order valence-electron chi connectivity index (χ2n) is 7.48. The Morgan fingerprint density at radius 1 is 0.595 bits per heavy atom. The van der Waals surface area contributed by atoms with Crippen LogP contribution in [0, 0.1) is 10.2 Å². The number of hydrogen-bond acceptors (Lipinski definition) is 5. The molecule has 1 amide bonds. The summed E-state index contributed by atoms with van der Waals surface area (Å²) in [7, 11) is -7.55. The van der Waals surface area contributed by atoms with Crippen molar-refractivity contribution >= 4 is 52.3 Å². The fraction of sp³-hybridized carbons (Fsp3) is 0. The van der Waals surface area contributed by atoms with Gasteiger partial charge in [0.15, 0.2) is 11.8 Å². The molecule has 4 rings (SSSR count). The van der Waals surface area contributed by atoms with E-state index in [0.717, 1.165) is 15.9 Å². The zero-order valence-electron chi connectivity index (χ0n) is 19.2. The van der Waals surface area contributed by atoms with Crippen molar-refractivity contribution in [2.45, 2.75) is 0 Å². The monoisotopic (exact) mass is 575 g/mol. The number of amides is 1. The van der Waals surface area contributed by atoms with Gasteiger partial charge in [-0.2, -0.15) is 0 Å². The van der Waals surface area contributed by atoms with E-state index in [-0.39, 0.29) is 10.4 Å². The van der Waals surface area contributed by atoms with Gasteiger partial charge < -0.3 is 0 Å². The summed E-state index contributed by atoms with van der Waals surface area (Å²) in [5.41, 5.74) is 1.05. The number of nitrogens with one attached hydrogen (secondary N) is 1. The molecule has 0 aliphatic heterocycles. The zero-order valence-corrected chi connectivity index (χ0v) is 22.3. The molecule has 0 aliphatic carbocycles. The lowest BCUT2D eigenvalue weighted by molar-refractivity contribution is -2.00. The van der Waals surface area contributed by atoms with Gasteiger partial charge >= 0.3 is 0 Å². The normalized spacial score (nSPS) is 11.1. The highest BCUT2D eigenvalue weighted by molar-refractivity contribution is 7.99. The highest BCUT2D eigenvalue weighted by Gasteiger charge is 2.52. The zero-order chi connectivity index (χ0) is 26.9. The molecule has 4 aromatic rings. The largest absolute Gasteiger partial charge is 0.290 e. The number of halogens is 3. The summed E-state index contributed by atoms with van der Waals surface area (Å²) >= 11 is 13.1. The summed E-state index contributed by atoms with van der Waals surface area (Å²) in [6.45, 7) is 0. The SMILES string of the molecule is O=C(NC(=C(Cl)Cl)[P+](c1ccccc1)(c1ccccc1)c1ccccc1)c1ccccc1.[O-][Cl+3]([O-])([O-])[O-]. The van der Waals surface area contributed by atoms with E-state index >= 15 is 0 Å². The number of carbonyl (C=O) groups is 1. The minimum absolute atomic E-state index is 0.0409. The van der Waals surface area contributed by atoms with E-state index in [0.29, 0.717) is 11.0 Å². The topological polar surface area (TPSA) is 121 Å². The second-order valence-corrected chi connectivity index (χ2v) is 12.5. The van der Waals surface area contributed by atoms with Crippen LogP contribution < -0.4 is 39.9 Å². The molecule has 0 radical (unpaired) electrons. The molecule has 10 heteroatoms. The van der Waals surface area contributed by atoms with E-state index < -0.39 is 17.5 Å². The van der Waals surface area contributed by atoms with Gasteiger partial charge in [-0.25, -0.2) is 18.6 Å². The van der Waals surface area contributed by atoms with Crippen molar-refractivity contribution in [1.82, 2.24) is 5.32 Å². The lowest BCUT2D eigenvalue weighted by Crippen LogP contribution is -2.68. The van der Waals surface area contributed by atoms with Crippen molar-refractivity contribution in [3.63, 3.8) is 0 Å². The van der Waals surface area contributed by atoms with E-state index in [1.165, 1.54) is 0 Å². The molecule has 0 fully saturated rings. The molecule has 0 aromatic heterocycles. The summed E-state index contributed by atoms with van der Waals surface area (Å²) in [4.78, 5) is 13.3. The molecule has 1 N–H and O–H groups in total. The lowest BCUT2D eigenvalue weighted by atomic mass is 10.2.